The molecule has 1 fully saturated rings. The van der Waals surface area contributed by atoms with E-state index in [-0.39, 0.29) is 17.8 Å². The van der Waals surface area contributed by atoms with Crippen molar-refractivity contribution in [3.05, 3.63) is 83.3 Å². The van der Waals surface area contributed by atoms with Gasteiger partial charge in [0.2, 0.25) is 0 Å². The Bertz CT molecular complexity index is 1120. The lowest BCUT2D eigenvalue weighted by atomic mass is 10.0. The maximum Gasteiger partial charge on any atom is 0.329 e. The van der Waals surface area contributed by atoms with Crippen LogP contribution < -0.4 is 10.1 Å². The second kappa shape index (κ2) is 7.15. The van der Waals surface area contributed by atoms with Gasteiger partial charge >= 0.3 is 6.03 Å². The molecule has 3 aromatic rings. The number of carbonyl (C=O) groups is 2. The van der Waals surface area contributed by atoms with Crippen molar-refractivity contribution < 1.29 is 18.7 Å². The number of nitrogens with one attached hydrogen (secondary N) is 1. The summed E-state index contributed by atoms with van der Waals surface area (Å²) in [6, 6.07) is 16.9. The highest BCUT2D eigenvalue weighted by atomic mass is 19.1. The van der Waals surface area contributed by atoms with Crippen LogP contribution in [0.2, 0.25) is 0 Å². The third-order valence-electron chi connectivity index (χ3n) is 4.69. The fraction of sp³-hybridized carbons (Fsp3) is 0.0909. The first-order chi connectivity index (χ1) is 13.6. The molecule has 1 N–H and O–H groups in total. The zero-order chi connectivity index (χ0) is 19.7. The molecule has 1 heterocycles. The van der Waals surface area contributed by atoms with Crippen molar-refractivity contribution in [2.45, 2.75) is 6.54 Å². The summed E-state index contributed by atoms with van der Waals surface area (Å²) >= 11 is 0. The van der Waals surface area contributed by atoms with E-state index in [1.165, 1.54) is 6.07 Å². The number of halogens is 1. The van der Waals surface area contributed by atoms with Crippen LogP contribution in [0.1, 0.15) is 11.1 Å². The van der Waals surface area contributed by atoms with E-state index in [0.29, 0.717) is 11.3 Å². The summed E-state index contributed by atoms with van der Waals surface area (Å²) in [5, 5.41) is 4.45. The summed E-state index contributed by atoms with van der Waals surface area (Å²) < 4.78 is 19.3. The second-order valence-electron chi connectivity index (χ2n) is 6.37. The molecule has 0 radical (unpaired) electrons. The molecule has 0 saturated carbocycles. The molecule has 6 heteroatoms. The topological polar surface area (TPSA) is 58.6 Å². The minimum absolute atomic E-state index is 0.121. The second-order valence-corrected chi connectivity index (χ2v) is 6.37. The fourth-order valence-electron chi connectivity index (χ4n) is 3.26. The third-order valence-corrected chi connectivity index (χ3v) is 4.69. The first kappa shape index (κ1) is 17.7. The number of nitrogens with zero attached hydrogens (tertiary/aromatic N) is 1. The van der Waals surface area contributed by atoms with E-state index >= 15 is 0 Å². The average molecular weight is 376 g/mol. The standard InChI is InChI=1S/C22H17FN2O3/c1-28-20-11-10-14-6-2-4-8-16(14)17(20)12-19-21(26)25(22(27)24-19)13-15-7-3-5-9-18(15)23/h2-12H,13H2,1H3,(H,24,27)/b19-12-. The third kappa shape index (κ3) is 3.09. The lowest BCUT2D eigenvalue weighted by Gasteiger charge is -2.12. The maximum atomic E-state index is 13.9. The molecule has 1 aliphatic heterocycles. The molecule has 140 valence electrons. The van der Waals surface area contributed by atoms with Gasteiger partial charge in [-0.15, -0.1) is 0 Å². The largest absolute Gasteiger partial charge is 0.496 e. The quantitative estimate of drug-likeness (QED) is 0.551. The van der Waals surface area contributed by atoms with Gasteiger partial charge in [0, 0.05) is 11.1 Å². The molecule has 1 saturated heterocycles. The van der Waals surface area contributed by atoms with Gasteiger partial charge in [0.1, 0.15) is 17.3 Å². The van der Waals surface area contributed by atoms with Gasteiger partial charge < -0.3 is 10.1 Å². The van der Waals surface area contributed by atoms with E-state index in [0.717, 1.165) is 15.7 Å². The molecule has 1 aliphatic rings. The fourth-order valence-corrected chi connectivity index (χ4v) is 3.26. The first-order valence-corrected chi connectivity index (χ1v) is 8.72. The molecular formula is C22H17FN2O3. The molecule has 0 unspecified atom stereocenters. The highest BCUT2D eigenvalue weighted by Gasteiger charge is 2.34. The van der Waals surface area contributed by atoms with Crippen LogP contribution in [0.3, 0.4) is 0 Å². The van der Waals surface area contributed by atoms with Crippen LogP contribution >= 0.6 is 0 Å². The smallest absolute Gasteiger partial charge is 0.329 e. The van der Waals surface area contributed by atoms with Crippen LogP contribution in [0, 0.1) is 5.82 Å². The molecule has 0 aromatic heterocycles. The minimum atomic E-state index is -0.585. The Morgan fingerprint density at radius 3 is 2.57 bits per heavy atom. The normalized spacial score (nSPS) is 15.4. The van der Waals surface area contributed by atoms with E-state index in [9.17, 15) is 14.0 Å². The number of ether oxygens (including phenoxy) is 1. The Labute approximate surface area is 161 Å². The molecule has 3 amide bonds. The minimum Gasteiger partial charge on any atom is -0.496 e. The zero-order valence-electron chi connectivity index (χ0n) is 15.1. The number of hydrogen-bond acceptors (Lipinski definition) is 3. The van der Waals surface area contributed by atoms with Crippen molar-refractivity contribution in [3.63, 3.8) is 0 Å². The highest BCUT2D eigenvalue weighted by molar-refractivity contribution is 6.14. The van der Waals surface area contributed by atoms with Gasteiger partial charge in [0.25, 0.3) is 5.91 Å². The molecule has 0 atom stereocenters. The van der Waals surface area contributed by atoms with Crippen LogP contribution in [-0.4, -0.2) is 23.9 Å². The maximum absolute atomic E-state index is 13.9. The lowest BCUT2D eigenvalue weighted by molar-refractivity contribution is -0.123. The molecular weight excluding hydrogens is 359 g/mol. The average Bonchev–Trinajstić information content (AvgIpc) is 2.97. The summed E-state index contributed by atoms with van der Waals surface area (Å²) in [4.78, 5) is 26.1. The van der Waals surface area contributed by atoms with Crippen molar-refractivity contribution in [2.75, 3.05) is 7.11 Å². The Hall–Kier alpha value is -3.67. The van der Waals surface area contributed by atoms with E-state index in [1.54, 1.807) is 31.4 Å². The number of hydrogen-bond donors (Lipinski definition) is 1. The van der Waals surface area contributed by atoms with Gasteiger partial charge in [-0.25, -0.2) is 9.18 Å². The monoisotopic (exact) mass is 376 g/mol. The van der Waals surface area contributed by atoms with Gasteiger partial charge in [-0.05, 0) is 29.0 Å². The van der Waals surface area contributed by atoms with Crippen molar-refractivity contribution in [3.8, 4) is 5.75 Å². The van der Waals surface area contributed by atoms with Crippen LogP contribution in [-0.2, 0) is 11.3 Å². The van der Waals surface area contributed by atoms with Crippen molar-refractivity contribution in [2.24, 2.45) is 0 Å². The Kier molecular flexibility index (Phi) is 4.53. The predicted molar refractivity (Wildman–Crippen MR) is 104 cm³/mol. The predicted octanol–water partition coefficient (Wildman–Crippen LogP) is 4.08. The van der Waals surface area contributed by atoms with Crippen molar-refractivity contribution in [1.29, 1.82) is 0 Å². The SMILES string of the molecule is COc1ccc2ccccc2c1/C=C1\NC(=O)N(Cc2ccccc2F)C1=O. The molecule has 0 bridgehead atoms. The number of imide groups is 1. The van der Waals surface area contributed by atoms with E-state index in [2.05, 4.69) is 5.32 Å². The summed E-state index contributed by atoms with van der Waals surface area (Å²) in [6.07, 6.45) is 1.60. The Morgan fingerprint density at radius 2 is 1.79 bits per heavy atom. The number of amides is 3. The number of urea groups is 1. The lowest BCUT2D eigenvalue weighted by Crippen LogP contribution is -2.30. The Morgan fingerprint density at radius 1 is 1.04 bits per heavy atom. The summed E-state index contributed by atoms with van der Waals surface area (Å²) in [6.45, 7) is -0.138. The van der Waals surface area contributed by atoms with Gasteiger partial charge in [-0.2, -0.15) is 0 Å². The number of carbonyl (C=O) groups excluding carboxylic acids is 2. The molecule has 5 nitrogen and oxygen atoms in total. The van der Waals surface area contributed by atoms with Crippen LogP contribution in [0.15, 0.2) is 66.4 Å². The first-order valence-electron chi connectivity index (χ1n) is 8.72. The van der Waals surface area contributed by atoms with E-state index in [4.69, 9.17) is 4.74 Å². The van der Waals surface area contributed by atoms with Gasteiger partial charge in [0.15, 0.2) is 0 Å². The van der Waals surface area contributed by atoms with Crippen LogP contribution in [0.4, 0.5) is 9.18 Å². The highest BCUT2D eigenvalue weighted by Crippen LogP contribution is 2.31. The number of benzene rings is 3. The summed E-state index contributed by atoms with van der Waals surface area (Å²) in [5.74, 6) is -0.389. The molecule has 4 rings (SSSR count). The summed E-state index contributed by atoms with van der Waals surface area (Å²) in [5.41, 5.74) is 1.09. The van der Waals surface area contributed by atoms with Gasteiger partial charge in [0.05, 0.1) is 13.7 Å². The molecule has 0 spiro atoms. The van der Waals surface area contributed by atoms with Crippen molar-refractivity contribution >= 4 is 28.8 Å². The van der Waals surface area contributed by atoms with Gasteiger partial charge in [-0.3, -0.25) is 9.69 Å². The number of rotatable bonds is 4. The molecule has 3 aromatic carbocycles. The summed E-state index contributed by atoms with van der Waals surface area (Å²) in [7, 11) is 1.55. The number of methoxy groups -OCH3 is 1. The number of fused-ring (bicyclic) bond motifs is 1. The molecule has 28 heavy (non-hydrogen) atoms. The zero-order valence-corrected chi connectivity index (χ0v) is 15.1. The van der Waals surface area contributed by atoms with Crippen molar-refractivity contribution in [1.82, 2.24) is 10.2 Å². The molecule has 0 aliphatic carbocycles. The van der Waals surface area contributed by atoms with Crippen LogP contribution in [0.5, 0.6) is 5.75 Å². The van der Waals surface area contributed by atoms with Crippen LogP contribution in [0.25, 0.3) is 16.8 Å². The Balaban J connectivity index is 1.72. The van der Waals surface area contributed by atoms with E-state index < -0.39 is 17.8 Å². The van der Waals surface area contributed by atoms with E-state index in [1.807, 2.05) is 36.4 Å². The van der Waals surface area contributed by atoms with Gasteiger partial charge in [-0.1, -0.05) is 48.5 Å².